The van der Waals surface area contributed by atoms with Crippen LogP contribution in [-0.2, 0) is 6.18 Å². The molecule has 0 aromatic carbocycles. The van der Waals surface area contributed by atoms with Gasteiger partial charge < -0.3 is 5.32 Å². The average Bonchev–Trinajstić information content (AvgIpc) is 2.93. The van der Waals surface area contributed by atoms with Crippen molar-refractivity contribution in [1.29, 1.82) is 0 Å². The molecule has 3 rings (SSSR count). The van der Waals surface area contributed by atoms with Crippen molar-refractivity contribution in [2.24, 2.45) is 5.92 Å². The Kier molecular flexibility index (Phi) is 3.07. The van der Waals surface area contributed by atoms with Gasteiger partial charge in [0.05, 0.1) is 0 Å². The van der Waals surface area contributed by atoms with Crippen LogP contribution < -0.4 is 5.32 Å². The first kappa shape index (κ1) is 13.2. The summed E-state index contributed by atoms with van der Waals surface area (Å²) < 4.78 is 39.3. The third-order valence-corrected chi connectivity index (χ3v) is 3.58. The Bertz CT molecular complexity index is 620. The van der Waals surface area contributed by atoms with Crippen LogP contribution in [0, 0.1) is 5.92 Å². The summed E-state index contributed by atoms with van der Waals surface area (Å²) in [6, 6.07) is 1.35. The maximum atomic E-state index is 12.7. The molecule has 0 amide bonds. The Morgan fingerprint density at radius 3 is 2.95 bits per heavy atom. The largest absolute Gasteiger partial charge is 0.435 e. The number of alkyl halides is 3. The molecule has 108 valence electrons. The maximum Gasteiger partial charge on any atom is 0.435 e. The third kappa shape index (κ3) is 2.44. The summed E-state index contributed by atoms with van der Waals surface area (Å²) >= 11 is 0. The van der Waals surface area contributed by atoms with E-state index in [0.717, 1.165) is 25.3 Å². The summed E-state index contributed by atoms with van der Waals surface area (Å²) in [4.78, 5) is 4.14. The van der Waals surface area contributed by atoms with E-state index >= 15 is 0 Å². The average molecular weight is 284 g/mol. The second kappa shape index (κ2) is 4.64. The Hall–Kier alpha value is -1.79. The smallest absolute Gasteiger partial charge is 0.365 e. The molecule has 2 aromatic heterocycles. The molecule has 0 aliphatic heterocycles. The molecule has 1 saturated carbocycles. The van der Waals surface area contributed by atoms with Gasteiger partial charge in [-0.2, -0.15) is 18.3 Å². The third-order valence-electron chi connectivity index (χ3n) is 3.58. The predicted octanol–water partition coefficient (Wildman–Crippen LogP) is 3.35. The normalized spacial score (nSPS) is 22.2. The van der Waals surface area contributed by atoms with Gasteiger partial charge in [-0.05, 0) is 18.8 Å². The van der Waals surface area contributed by atoms with Gasteiger partial charge in [0.15, 0.2) is 11.5 Å². The molecule has 1 fully saturated rings. The Labute approximate surface area is 114 Å². The lowest BCUT2D eigenvalue weighted by Crippen LogP contribution is -2.07. The summed E-state index contributed by atoms with van der Waals surface area (Å²) in [5, 5.41) is 6.76. The fraction of sp³-hybridized carbons (Fsp3) is 0.538. The first-order valence-electron chi connectivity index (χ1n) is 6.67. The molecule has 2 heterocycles. The van der Waals surface area contributed by atoms with Gasteiger partial charge in [-0.3, -0.25) is 0 Å². The topological polar surface area (TPSA) is 42.2 Å². The van der Waals surface area contributed by atoms with Crippen molar-refractivity contribution in [3.63, 3.8) is 0 Å². The van der Waals surface area contributed by atoms with Crippen LogP contribution in [0.2, 0.25) is 0 Å². The number of anilines is 1. The molecule has 0 bridgehead atoms. The van der Waals surface area contributed by atoms with Crippen LogP contribution in [0.15, 0.2) is 18.5 Å². The highest BCUT2D eigenvalue weighted by atomic mass is 19.4. The van der Waals surface area contributed by atoms with Gasteiger partial charge in [0.2, 0.25) is 0 Å². The Balaban J connectivity index is 1.86. The van der Waals surface area contributed by atoms with Crippen molar-refractivity contribution in [2.45, 2.75) is 38.4 Å². The monoisotopic (exact) mass is 284 g/mol. The second-order valence-electron chi connectivity index (χ2n) is 5.17. The lowest BCUT2D eigenvalue weighted by atomic mass is 10.2. The summed E-state index contributed by atoms with van der Waals surface area (Å²) in [5.41, 5.74) is -0.531. The SMILES string of the molecule is CCCC1CC1Nc1nccn2nc(C(F)(F)F)cc12. The second-order valence-corrected chi connectivity index (χ2v) is 5.17. The number of nitrogens with zero attached hydrogens (tertiary/aromatic N) is 3. The number of hydrogen-bond donors (Lipinski definition) is 1. The van der Waals surface area contributed by atoms with Crippen molar-refractivity contribution >= 4 is 11.3 Å². The van der Waals surface area contributed by atoms with Gasteiger partial charge >= 0.3 is 6.18 Å². The summed E-state index contributed by atoms with van der Waals surface area (Å²) in [6.45, 7) is 2.13. The molecule has 0 spiro atoms. The van der Waals surface area contributed by atoms with Crippen molar-refractivity contribution in [2.75, 3.05) is 5.32 Å². The molecule has 20 heavy (non-hydrogen) atoms. The standard InChI is InChI=1S/C13H15F3N4/c1-2-3-8-6-9(8)18-12-10-7-11(13(14,15)16)19-20(10)5-4-17-12/h4-5,7-9H,2-3,6H2,1H3,(H,17,18). The van der Waals surface area contributed by atoms with E-state index in [0.29, 0.717) is 23.3 Å². The number of fused-ring (bicyclic) bond motifs is 1. The van der Waals surface area contributed by atoms with Crippen molar-refractivity contribution in [3.05, 3.63) is 24.2 Å². The fourth-order valence-electron chi connectivity index (χ4n) is 2.46. The molecule has 2 aromatic rings. The van der Waals surface area contributed by atoms with E-state index in [1.807, 2.05) is 0 Å². The van der Waals surface area contributed by atoms with E-state index in [4.69, 9.17) is 0 Å². The van der Waals surface area contributed by atoms with Crippen LogP contribution in [-0.4, -0.2) is 20.6 Å². The maximum absolute atomic E-state index is 12.7. The molecular formula is C13H15F3N4. The molecule has 1 aliphatic rings. The van der Waals surface area contributed by atoms with Gasteiger partial charge in [-0.1, -0.05) is 13.3 Å². The predicted molar refractivity (Wildman–Crippen MR) is 68.4 cm³/mol. The molecule has 0 radical (unpaired) electrons. The van der Waals surface area contributed by atoms with Crippen molar-refractivity contribution in [1.82, 2.24) is 14.6 Å². The minimum Gasteiger partial charge on any atom is -0.365 e. The quantitative estimate of drug-likeness (QED) is 0.936. The zero-order valence-electron chi connectivity index (χ0n) is 11.0. The van der Waals surface area contributed by atoms with Gasteiger partial charge in [-0.15, -0.1) is 0 Å². The van der Waals surface area contributed by atoms with E-state index in [1.165, 1.54) is 16.9 Å². The minimum absolute atomic E-state index is 0.317. The Morgan fingerprint density at radius 2 is 2.25 bits per heavy atom. The molecule has 2 atom stereocenters. The summed E-state index contributed by atoms with van der Waals surface area (Å²) in [7, 11) is 0. The van der Waals surface area contributed by atoms with E-state index in [1.54, 1.807) is 0 Å². The van der Waals surface area contributed by atoms with E-state index in [9.17, 15) is 13.2 Å². The van der Waals surface area contributed by atoms with Crippen LogP contribution in [0.4, 0.5) is 19.0 Å². The van der Waals surface area contributed by atoms with Gasteiger partial charge in [0.25, 0.3) is 0 Å². The van der Waals surface area contributed by atoms with E-state index in [2.05, 4.69) is 22.3 Å². The molecule has 0 saturated heterocycles. The number of rotatable bonds is 4. The zero-order valence-corrected chi connectivity index (χ0v) is 11.0. The number of aromatic nitrogens is 3. The molecule has 1 aliphatic carbocycles. The highest BCUT2D eigenvalue weighted by molar-refractivity contribution is 5.68. The number of hydrogen-bond acceptors (Lipinski definition) is 3. The van der Waals surface area contributed by atoms with Crippen LogP contribution in [0.5, 0.6) is 0 Å². The van der Waals surface area contributed by atoms with E-state index in [-0.39, 0.29) is 0 Å². The summed E-state index contributed by atoms with van der Waals surface area (Å²) in [5.74, 6) is 1.08. The van der Waals surface area contributed by atoms with Crippen LogP contribution in [0.1, 0.15) is 31.9 Å². The summed E-state index contributed by atoms with van der Waals surface area (Å²) in [6.07, 6.45) is 1.75. The molecule has 4 nitrogen and oxygen atoms in total. The van der Waals surface area contributed by atoms with Crippen LogP contribution in [0.25, 0.3) is 5.52 Å². The number of nitrogens with one attached hydrogen (secondary N) is 1. The van der Waals surface area contributed by atoms with Gasteiger partial charge in [0.1, 0.15) is 5.52 Å². The first-order chi connectivity index (χ1) is 9.49. The highest BCUT2D eigenvalue weighted by Crippen LogP contribution is 2.38. The van der Waals surface area contributed by atoms with Crippen LogP contribution >= 0.6 is 0 Å². The lowest BCUT2D eigenvalue weighted by Gasteiger charge is -2.05. The lowest BCUT2D eigenvalue weighted by molar-refractivity contribution is -0.141. The molecule has 2 unspecified atom stereocenters. The van der Waals surface area contributed by atoms with Crippen LogP contribution in [0.3, 0.4) is 0 Å². The highest BCUT2D eigenvalue weighted by Gasteiger charge is 2.37. The van der Waals surface area contributed by atoms with Crippen molar-refractivity contribution in [3.8, 4) is 0 Å². The fourth-order valence-corrected chi connectivity index (χ4v) is 2.46. The molecule has 1 N–H and O–H groups in total. The zero-order chi connectivity index (χ0) is 14.3. The van der Waals surface area contributed by atoms with Gasteiger partial charge in [-0.25, -0.2) is 9.50 Å². The van der Waals surface area contributed by atoms with Crippen molar-refractivity contribution < 1.29 is 13.2 Å². The first-order valence-corrected chi connectivity index (χ1v) is 6.67. The number of halogens is 3. The Morgan fingerprint density at radius 1 is 1.45 bits per heavy atom. The van der Waals surface area contributed by atoms with E-state index < -0.39 is 11.9 Å². The molecular weight excluding hydrogens is 269 g/mol. The van der Waals surface area contributed by atoms with Gasteiger partial charge in [0, 0.05) is 24.5 Å². The minimum atomic E-state index is -4.44. The molecule has 7 heteroatoms.